The zero-order valence-electron chi connectivity index (χ0n) is 15.1. The molecule has 2 aromatic carbocycles. The Kier molecular flexibility index (Phi) is 4.17. The number of nitrogens with zero attached hydrogens (tertiary/aromatic N) is 1. The summed E-state index contributed by atoms with van der Waals surface area (Å²) < 4.78 is 16.7. The molecular weight excluding hydrogens is 330 g/mol. The van der Waals surface area contributed by atoms with Gasteiger partial charge < -0.3 is 13.9 Å². The number of fused-ring (bicyclic) bond motifs is 3. The van der Waals surface area contributed by atoms with E-state index in [0.717, 1.165) is 28.0 Å². The Hall–Kier alpha value is -2.79. The van der Waals surface area contributed by atoms with Gasteiger partial charge in [0.25, 0.3) is 0 Å². The maximum absolute atomic E-state index is 12.6. The maximum atomic E-state index is 12.6. The highest BCUT2D eigenvalue weighted by Gasteiger charge is 2.23. The fourth-order valence-electron chi connectivity index (χ4n) is 3.21. The van der Waals surface area contributed by atoms with Gasteiger partial charge in [-0.05, 0) is 49.7 Å². The quantitative estimate of drug-likeness (QED) is 0.667. The first-order chi connectivity index (χ1) is 12.6. The molecule has 0 amide bonds. The first kappa shape index (κ1) is 16.7. The Morgan fingerprint density at radius 1 is 1.12 bits per heavy atom. The third-order valence-electron chi connectivity index (χ3n) is 4.84. The van der Waals surface area contributed by atoms with Crippen molar-refractivity contribution in [3.05, 3.63) is 58.4 Å². The highest BCUT2D eigenvalue weighted by Crippen LogP contribution is 2.33. The minimum atomic E-state index is -0.349. The summed E-state index contributed by atoms with van der Waals surface area (Å²) in [5.41, 5.74) is 2.53. The fraction of sp³-hybridized carbons (Fsp3) is 0.286. The van der Waals surface area contributed by atoms with Gasteiger partial charge in [0.1, 0.15) is 23.8 Å². The second kappa shape index (κ2) is 6.50. The standard InChI is InChI=1S/C21H21NO4/c1-13(2)22-11-18-19(25-12-22)9-6-15-10-17(21(23)26-20(15)18)14-4-7-16(24-3)8-5-14/h4-10,13H,11-12H2,1-3H3. The molecule has 26 heavy (non-hydrogen) atoms. The van der Waals surface area contributed by atoms with Crippen LogP contribution in [0.25, 0.3) is 22.1 Å². The molecule has 0 fully saturated rings. The molecule has 0 aliphatic carbocycles. The van der Waals surface area contributed by atoms with Gasteiger partial charge in [-0.25, -0.2) is 4.79 Å². The minimum absolute atomic E-state index is 0.349. The van der Waals surface area contributed by atoms with Gasteiger partial charge in [0, 0.05) is 18.0 Å². The number of ether oxygens (including phenoxy) is 2. The second-order valence-electron chi connectivity index (χ2n) is 6.75. The average molecular weight is 351 g/mol. The van der Waals surface area contributed by atoms with Crippen LogP contribution in [0.15, 0.2) is 51.7 Å². The largest absolute Gasteiger partial charge is 0.497 e. The number of hydrogen-bond acceptors (Lipinski definition) is 5. The molecule has 0 N–H and O–H groups in total. The second-order valence-corrected chi connectivity index (χ2v) is 6.75. The lowest BCUT2D eigenvalue weighted by atomic mass is 10.0. The molecule has 4 rings (SSSR count). The summed E-state index contributed by atoms with van der Waals surface area (Å²) >= 11 is 0. The molecule has 5 heteroatoms. The van der Waals surface area contributed by atoms with E-state index in [9.17, 15) is 4.79 Å². The lowest BCUT2D eigenvalue weighted by molar-refractivity contribution is 0.0689. The van der Waals surface area contributed by atoms with Crippen LogP contribution < -0.4 is 15.1 Å². The molecular formula is C21H21NO4. The molecule has 0 atom stereocenters. The van der Waals surface area contributed by atoms with Gasteiger partial charge in [0.15, 0.2) is 0 Å². The zero-order valence-corrected chi connectivity index (χ0v) is 15.1. The third kappa shape index (κ3) is 2.84. The lowest BCUT2D eigenvalue weighted by Crippen LogP contribution is -2.37. The molecule has 5 nitrogen and oxygen atoms in total. The van der Waals surface area contributed by atoms with E-state index in [1.807, 2.05) is 42.5 Å². The zero-order chi connectivity index (χ0) is 18.3. The maximum Gasteiger partial charge on any atom is 0.344 e. The Labute approximate surface area is 151 Å². The molecule has 0 spiro atoms. The van der Waals surface area contributed by atoms with Crippen LogP contribution in [0.5, 0.6) is 11.5 Å². The van der Waals surface area contributed by atoms with Gasteiger partial charge in [-0.15, -0.1) is 0 Å². The highest BCUT2D eigenvalue weighted by molar-refractivity contribution is 5.86. The first-order valence-corrected chi connectivity index (χ1v) is 8.68. The van der Waals surface area contributed by atoms with Crippen LogP contribution in [-0.4, -0.2) is 24.8 Å². The van der Waals surface area contributed by atoms with Crippen LogP contribution in [0.3, 0.4) is 0 Å². The molecule has 1 aliphatic rings. The fourth-order valence-corrected chi connectivity index (χ4v) is 3.21. The van der Waals surface area contributed by atoms with Gasteiger partial charge in [0.05, 0.1) is 18.2 Å². The van der Waals surface area contributed by atoms with E-state index in [1.165, 1.54) is 0 Å². The molecule has 0 radical (unpaired) electrons. The third-order valence-corrected chi connectivity index (χ3v) is 4.84. The summed E-state index contributed by atoms with van der Waals surface area (Å²) in [6.07, 6.45) is 0. The Bertz CT molecular complexity index is 1000. The van der Waals surface area contributed by atoms with Gasteiger partial charge >= 0.3 is 5.63 Å². The molecule has 0 saturated carbocycles. The molecule has 2 heterocycles. The molecule has 0 saturated heterocycles. The summed E-state index contributed by atoms with van der Waals surface area (Å²) in [6, 6.07) is 13.5. The van der Waals surface area contributed by atoms with Crippen molar-refractivity contribution in [2.45, 2.75) is 26.4 Å². The Morgan fingerprint density at radius 3 is 2.58 bits per heavy atom. The van der Waals surface area contributed by atoms with Crippen molar-refractivity contribution in [2.24, 2.45) is 0 Å². The molecule has 1 aromatic heterocycles. The van der Waals surface area contributed by atoms with Gasteiger partial charge in [0.2, 0.25) is 0 Å². The number of rotatable bonds is 3. The van der Waals surface area contributed by atoms with E-state index in [2.05, 4.69) is 18.7 Å². The summed E-state index contributed by atoms with van der Waals surface area (Å²) in [6.45, 7) is 5.49. The van der Waals surface area contributed by atoms with Crippen LogP contribution in [0.2, 0.25) is 0 Å². The predicted molar refractivity (Wildman–Crippen MR) is 101 cm³/mol. The van der Waals surface area contributed by atoms with Crippen LogP contribution in [-0.2, 0) is 6.54 Å². The Morgan fingerprint density at radius 2 is 1.88 bits per heavy atom. The number of hydrogen-bond donors (Lipinski definition) is 0. The SMILES string of the molecule is COc1ccc(-c2cc3ccc4c(c3oc2=O)CN(C(C)C)CO4)cc1. The van der Waals surface area contributed by atoms with Gasteiger partial charge in [-0.2, -0.15) is 0 Å². The topological polar surface area (TPSA) is 51.9 Å². The molecule has 1 aliphatic heterocycles. The average Bonchev–Trinajstić information content (AvgIpc) is 2.67. The van der Waals surface area contributed by atoms with Crippen LogP contribution >= 0.6 is 0 Å². The summed E-state index contributed by atoms with van der Waals surface area (Å²) in [5, 5.41) is 0.892. The Balaban J connectivity index is 1.82. The molecule has 134 valence electrons. The molecule has 0 unspecified atom stereocenters. The first-order valence-electron chi connectivity index (χ1n) is 8.68. The van der Waals surface area contributed by atoms with E-state index in [4.69, 9.17) is 13.9 Å². The lowest BCUT2D eigenvalue weighted by Gasteiger charge is -2.32. The van der Waals surface area contributed by atoms with E-state index in [-0.39, 0.29) is 5.63 Å². The van der Waals surface area contributed by atoms with E-state index >= 15 is 0 Å². The number of benzene rings is 2. The smallest absolute Gasteiger partial charge is 0.344 e. The van der Waals surface area contributed by atoms with Crippen molar-refractivity contribution in [1.82, 2.24) is 4.90 Å². The van der Waals surface area contributed by atoms with Crippen molar-refractivity contribution < 1.29 is 13.9 Å². The normalized spacial score (nSPS) is 14.3. The van der Waals surface area contributed by atoms with E-state index in [1.54, 1.807) is 7.11 Å². The van der Waals surface area contributed by atoms with Gasteiger partial charge in [-0.1, -0.05) is 12.1 Å². The van der Waals surface area contributed by atoms with Gasteiger partial charge in [-0.3, -0.25) is 4.90 Å². The number of methoxy groups -OCH3 is 1. The summed E-state index contributed by atoms with van der Waals surface area (Å²) in [5.74, 6) is 1.54. The van der Waals surface area contributed by atoms with E-state index < -0.39 is 0 Å². The van der Waals surface area contributed by atoms with Crippen molar-refractivity contribution in [1.29, 1.82) is 0 Å². The monoisotopic (exact) mass is 351 g/mol. The van der Waals surface area contributed by atoms with Crippen LogP contribution in [0.4, 0.5) is 0 Å². The summed E-state index contributed by atoms with van der Waals surface area (Å²) in [7, 11) is 1.62. The van der Waals surface area contributed by atoms with Crippen molar-refractivity contribution in [3.8, 4) is 22.6 Å². The van der Waals surface area contributed by atoms with Crippen molar-refractivity contribution in [2.75, 3.05) is 13.8 Å². The van der Waals surface area contributed by atoms with Crippen LogP contribution in [0.1, 0.15) is 19.4 Å². The molecule has 0 bridgehead atoms. The minimum Gasteiger partial charge on any atom is -0.497 e. The van der Waals surface area contributed by atoms with Crippen LogP contribution in [0, 0.1) is 0 Å². The summed E-state index contributed by atoms with van der Waals surface area (Å²) in [4.78, 5) is 14.8. The van der Waals surface area contributed by atoms with E-state index in [0.29, 0.717) is 30.5 Å². The van der Waals surface area contributed by atoms with Crippen molar-refractivity contribution in [3.63, 3.8) is 0 Å². The predicted octanol–water partition coefficient (Wildman–Crippen LogP) is 4.03. The highest BCUT2D eigenvalue weighted by atomic mass is 16.5. The van der Waals surface area contributed by atoms with Crippen molar-refractivity contribution >= 4 is 11.0 Å². The molecule has 3 aromatic rings.